The second kappa shape index (κ2) is 8.67. The van der Waals surface area contributed by atoms with E-state index in [9.17, 15) is 4.79 Å². The van der Waals surface area contributed by atoms with Gasteiger partial charge in [-0.15, -0.1) is 5.10 Å². The van der Waals surface area contributed by atoms with Gasteiger partial charge in [0.1, 0.15) is 0 Å². The predicted octanol–water partition coefficient (Wildman–Crippen LogP) is 4.21. The molecule has 4 aromatic rings. The minimum atomic E-state index is -0.124. The van der Waals surface area contributed by atoms with Gasteiger partial charge in [-0.05, 0) is 30.7 Å². The number of anilines is 1. The molecule has 0 saturated carbocycles. The van der Waals surface area contributed by atoms with Gasteiger partial charge in [0, 0.05) is 37.4 Å². The van der Waals surface area contributed by atoms with Crippen LogP contribution >= 0.6 is 0 Å². The summed E-state index contributed by atoms with van der Waals surface area (Å²) >= 11 is 0. The summed E-state index contributed by atoms with van der Waals surface area (Å²) in [5, 5.41) is 4.62. The number of rotatable bonds is 4. The van der Waals surface area contributed by atoms with E-state index in [4.69, 9.17) is 0 Å². The monoisotopic (exact) mass is 423 g/mol. The third-order valence-corrected chi connectivity index (χ3v) is 5.85. The van der Waals surface area contributed by atoms with Crippen molar-refractivity contribution >= 4 is 11.6 Å². The predicted molar refractivity (Wildman–Crippen MR) is 126 cm³/mol. The number of hydrogen-bond acceptors (Lipinski definition) is 4. The Morgan fingerprint density at radius 1 is 0.781 bits per heavy atom. The van der Waals surface area contributed by atoms with Gasteiger partial charge in [-0.2, -0.15) is 0 Å². The molecule has 0 radical (unpaired) electrons. The molecule has 0 spiro atoms. The Morgan fingerprint density at radius 3 is 2.09 bits per heavy atom. The molecule has 1 aliphatic rings. The zero-order chi connectivity index (χ0) is 21.9. The van der Waals surface area contributed by atoms with Gasteiger partial charge >= 0.3 is 0 Å². The summed E-state index contributed by atoms with van der Waals surface area (Å²) in [7, 11) is 0. The Hall–Kier alpha value is -3.93. The molecule has 3 aromatic carbocycles. The van der Waals surface area contributed by atoms with E-state index in [-0.39, 0.29) is 11.7 Å². The second-order valence-electron chi connectivity index (χ2n) is 7.94. The van der Waals surface area contributed by atoms with Crippen molar-refractivity contribution in [2.75, 3.05) is 31.1 Å². The zero-order valence-electron chi connectivity index (χ0n) is 18.1. The van der Waals surface area contributed by atoms with Crippen LogP contribution in [0.5, 0.6) is 0 Å². The van der Waals surface area contributed by atoms with E-state index in [1.165, 1.54) is 11.3 Å². The van der Waals surface area contributed by atoms with Crippen LogP contribution in [0.2, 0.25) is 0 Å². The van der Waals surface area contributed by atoms with Crippen molar-refractivity contribution < 1.29 is 4.79 Å². The Kier molecular flexibility index (Phi) is 5.42. The smallest absolute Gasteiger partial charge is 0.293 e. The largest absolute Gasteiger partial charge is 0.368 e. The molecule has 0 aliphatic carbocycles. The molecular weight excluding hydrogens is 398 g/mol. The highest BCUT2D eigenvalue weighted by Crippen LogP contribution is 2.23. The standard InChI is InChI=1S/C26H25N5O/c1-20-10-8-9-15-23(20)29-16-18-30(19-17-29)26(32)24-27-25(21-11-4-2-5-12-21)31(28-24)22-13-6-3-7-14-22/h2-15H,16-19H2,1H3. The molecule has 1 fully saturated rings. The van der Waals surface area contributed by atoms with E-state index >= 15 is 0 Å². The molecule has 1 saturated heterocycles. The van der Waals surface area contributed by atoms with Gasteiger partial charge in [-0.3, -0.25) is 4.79 Å². The van der Waals surface area contributed by atoms with Gasteiger partial charge in [-0.25, -0.2) is 9.67 Å². The number of nitrogens with zero attached hydrogens (tertiary/aromatic N) is 5. The number of aryl methyl sites for hydroxylation is 1. The van der Waals surface area contributed by atoms with E-state index in [0.29, 0.717) is 18.9 Å². The molecule has 0 N–H and O–H groups in total. The van der Waals surface area contributed by atoms with E-state index in [1.54, 1.807) is 4.68 Å². The molecule has 32 heavy (non-hydrogen) atoms. The summed E-state index contributed by atoms with van der Waals surface area (Å²) in [5.74, 6) is 0.775. The van der Waals surface area contributed by atoms with Crippen molar-refractivity contribution in [3.05, 3.63) is 96.3 Å². The lowest BCUT2D eigenvalue weighted by Crippen LogP contribution is -2.49. The lowest BCUT2D eigenvalue weighted by molar-refractivity contribution is 0.0734. The van der Waals surface area contributed by atoms with Crippen molar-refractivity contribution in [2.45, 2.75) is 6.92 Å². The summed E-state index contributed by atoms with van der Waals surface area (Å²) in [5.41, 5.74) is 4.29. The molecule has 0 bridgehead atoms. The third-order valence-electron chi connectivity index (χ3n) is 5.85. The topological polar surface area (TPSA) is 54.3 Å². The molecule has 160 valence electrons. The Bertz CT molecular complexity index is 1150. The maximum Gasteiger partial charge on any atom is 0.293 e. The average molecular weight is 424 g/mol. The zero-order valence-corrected chi connectivity index (χ0v) is 18.1. The van der Waals surface area contributed by atoms with Crippen LogP contribution in [-0.4, -0.2) is 51.8 Å². The van der Waals surface area contributed by atoms with Gasteiger partial charge in [0.15, 0.2) is 5.82 Å². The minimum Gasteiger partial charge on any atom is -0.368 e. The molecule has 5 rings (SSSR count). The van der Waals surface area contributed by atoms with Crippen molar-refractivity contribution in [2.24, 2.45) is 0 Å². The number of para-hydroxylation sites is 2. The normalized spacial score (nSPS) is 13.9. The number of benzene rings is 3. The fourth-order valence-electron chi connectivity index (χ4n) is 4.14. The fourth-order valence-corrected chi connectivity index (χ4v) is 4.14. The van der Waals surface area contributed by atoms with Gasteiger partial charge in [0.05, 0.1) is 5.69 Å². The van der Waals surface area contributed by atoms with Gasteiger partial charge in [0.2, 0.25) is 5.82 Å². The summed E-state index contributed by atoms with van der Waals surface area (Å²) in [6.07, 6.45) is 0. The maximum atomic E-state index is 13.3. The SMILES string of the molecule is Cc1ccccc1N1CCN(C(=O)c2nc(-c3ccccc3)n(-c3ccccc3)n2)CC1. The van der Waals surface area contributed by atoms with Crippen LogP contribution < -0.4 is 4.90 Å². The van der Waals surface area contributed by atoms with E-state index in [2.05, 4.69) is 46.2 Å². The Morgan fingerprint density at radius 2 is 1.41 bits per heavy atom. The number of carbonyl (C=O) groups is 1. The number of carbonyl (C=O) groups excluding carboxylic acids is 1. The number of amides is 1. The van der Waals surface area contributed by atoms with E-state index in [0.717, 1.165) is 24.3 Å². The van der Waals surface area contributed by atoms with Crippen LogP contribution in [0.3, 0.4) is 0 Å². The molecule has 6 heteroatoms. The molecular formula is C26H25N5O. The summed E-state index contributed by atoms with van der Waals surface area (Å²) in [6.45, 7) is 5.00. The van der Waals surface area contributed by atoms with Crippen molar-refractivity contribution in [1.82, 2.24) is 19.7 Å². The highest BCUT2D eigenvalue weighted by molar-refractivity contribution is 5.91. The minimum absolute atomic E-state index is 0.124. The van der Waals surface area contributed by atoms with E-state index < -0.39 is 0 Å². The molecule has 1 amide bonds. The van der Waals surface area contributed by atoms with Crippen LogP contribution in [0.4, 0.5) is 5.69 Å². The van der Waals surface area contributed by atoms with Crippen LogP contribution in [0.1, 0.15) is 16.2 Å². The van der Waals surface area contributed by atoms with Crippen molar-refractivity contribution in [1.29, 1.82) is 0 Å². The third kappa shape index (κ3) is 3.87. The van der Waals surface area contributed by atoms with Crippen molar-refractivity contribution in [3.63, 3.8) is 0 Å². The molecule has 0 unspecified atom stereocenters. The maximum absolute atomic E-state index is 13.3. The summed E-state index contributed by atoms with van der Waals surface area (Å²) in [4.78, 5) is 22.2. The second-order valence-corrected chi connectivity index (χ2v) is 7.94. The molecule has 0 atom stereocenters. The first-order valence-corrected chi connectivity index (χ1v) is 10.9. The molecule has 2 heterocycles. The van der Waals surface area contributed by atoms with Gasteiger partial charge in [-0.1, -0.05) is 66.7 Å². The first kappa shape index (κ1) is 20.0. The molecule has 6 nitrogen and oxygen atoms in total. The van der Waals surface area contributed by atoms with Crippen LogP contribution in [0, 0.1) is 6.92 Å². The van der Waals surface area contributed by atoms with E-state index in [1.807, 2.05) is 65.6 Å². The molecule has 1 aromatic heterocycles. The van der Waals surface area contributed by atoms with Crippen molar-refractivity contribution in [3.8, 4) is 17.1 Å². The van der Waals surface area contributed by atoms with Gasteiger partial charge < -0.3 is 9.80 Å². The first-order chi connectivity index (χ1) is 15.7. The fraction of sp³-hybridized carbons (Fsp3) is 0.192. The number of piperazine rings is 1. The lowest BCUT2D eigenvalue weighted by Gasteiger charge is -2.36. The van der Waals surface area contributed by atoms with Gasteiger partial charge in [0.25, 0.3) is 5.91 Å². The Labute approximate surface area is 187 Å². The number of aromatic nitrogens is 3. The summed E-state index contributed by atoms with van der Waals surface area (Å²) in [6, 6.07) is 28.1. The average Bonchev–Trinajstić information content (AvgIpc) is 3.31. The van der Waals surface area contributed by atoms with Crippen LogP contribution in [0.15, 0.2) is 84.9 Å². The quantitative estimate of drug-likeness (QED) is 0.494. The van der Waals surface area contributed by atoms with Crippen LogP contribution in [-0.2, 0) is 0 Å². The first-order valence-electron chi connectivity index (χ1n) is 10.9. The highest BCUT2D eigenvalue weighted by Gasteiger charge is 2.27. The lowest BCUT2D eigenvalue weighted by atomic mass is 10.1. The molecule has 1 aliphatic heterocycles. The van der Waals surface area contributed by atoms with Crippen LogP contribution in [0.25, 0.3) is 17.1 Å². The highest BCUT2D eigenvalue weighted by atomic mass is 16.2. The Balaban J connectivity index is 1.40. The summed E-state index contributed by atoms with van der Waals surface area (Å²) < 4.78 is 1.76. The number of hydrogen-bond donors (Lipinski definition) is 0.